The average molecular weight is 325 g/mol. The Morgan fingerprint density at radius 3 is 2.60 bits per heavy atom. The third kappa shape index (κ3) is 4.20. The minimum absolute atomic E-state index is 0.201. The number of sulfonamides is 1. The number of H-pyrrole nitrogens is 1. The van der Waals surface area contributed by atoms with Gasteiger partial charge in [-0.15, -0.1) is 11.6 Å². The molecular weight excluding hydrogens is 304 g/mol. The van der Waals surface area contributed by atoms with Crippen molar-refractivity contribution in [2.75, 3.05) is 34.0 Å². The number of hydrogen-bond donors (Lipinski definition) is 1. The summed E-state index contributed by atoms with van der Waals surface area (Å²) in [5.74, 6) is 0.237. The first-order chi connectivity index (χ1) is 9.47. The van der Waals surface area contributed by atoms with Gasteiger partial charge in [-0.05, 0) is 13.0 Å². The largest absolute Gasteiger partial charge is 0.383 e. The molecule has 1 N–H and O–H groups in total. The second kappa shape index (κ2) is 7.99. The number of alkyl halides is 1. The summed E-state index contributed by atoms with van der Waals surface area (Å²) in [6, 6.07) is 1.26. The first-order valence-corrected chi connectivity index (χ1v) is 8.17. The number of hydrogen-bond acceptors (Lipinski definition) is 4. The molecule has 1 aromatic rings. The molecule has 0 aromatic carbocycles. The zero-order valence-electron chi connectivity index (χ0n) is 11.9. The molecular formula is C12H21ClN2O4S. The number of aromatic amines is 1. The molecule has 0 fully saturated rings. The molecule has 0 radical (unpaired) electrons. The summed E-state index contributed by atoms with van der Waals surface area (Å²) in [6.45, 7) is 2.70. The van der Waals surface area contributed by atoms with Crippen molar-refractivity contribution in [3.05, 3.63) is 18.0 Å². The van der Waals surface area contributed by atoms with Crippen LogP contribution < -0.4 is 0 Å². The van der Waals surface area contributed by atoms with E-state index in [-0.39, 0.29) is 23.4 Å². The third-order valence-corrected chi connectivity index (χ3v) is 5.16. The van der Waals surface area contributed by atoms with Gasteiger partial charge in [0.15, 0.2) is 0 Å². The highest BCUT2D eigenvalue weighted by atomic mass is 35.5. The van der Waals surface area contributed by atoms with Gasteiger partial charge >= 0.3 is 0 Å². The van der Waals surface area contributed by atoms with Crippen LogP contribution in [0.3, 0.4) is 0 Å². The summed E-state index contributed by atoms with van der Waals surface area (Å²) in [6.07, 6.45) is 1.45. The lowest BCUT2D eigenvalue weighted by atomic mass is 10.3. The predicted molar refractivity (Wildman–Crippen MR) is 77.5 cm³/mol. The van der Waals surface area contributed by atoms with E-state index in [4.69, 9.17) is 21.1 Å². The fraction of sp³-hybridized carbons (Fsp3) is 0.667. The first-order valence-electron chi connectivity index (χ1n) is 6.20. The fourth-order valence-corrected chi connectivity index (χ4v) is 3.64. The van der Waals surface area contributed by atoms with Gasteiger partial charge in [0.05, 0.1) is 24.0 Å². The Balaban J connectivity index is 3.02. The molecule has 0 saturated carbocycles. The summed E-state index contributed by atoms with van der Waals surface area (Å²) in [7, 11) is -0.524. The minimum atomic E-state index is -3.60. The van der Waals surface area contributed by atoms with Crippen molar-refractivity contribution >= 4 is 21.6 Å². The van der Waals surface area contributed by atoms with Crippen molar-refractivity contribution in [3.8, 4) is 0 Å². The van der Waals surface area contributed by atoms with E-state index >= 15 is 0 Å². The molecule has 1 atom stereocenters. The summed E-state index contributed by atoms with van der Waals surface area (Å²) in [4.78, 5) is 3.04. The molecule has 20 heavy (non-hydrogen) atoms. The molecule has 0 aliphatic heterocycles. The van der Waals surface area contributed by atoms with E-state index in [0.29, 0.717) is 18.9 Å². The van der Waals surface area contributed by atoms with E-state index < -0.39 is 10.0 Å². The maximum Gasteiger partial charge on any atom is 0.244 e. The molecule has 6 nitrogen and oxygen atoms in total. The zero-order chi connectivity index (χ0) is 15.2. The number of aromatic nitrogens is 1. The Kier molecular flexibility index (Phi) is 6.97. The molecule has 0 aliphatic carbocycles. The van der Waals surface area contributed by atoms with Crippen LogP contribution in [0.15, 0.2) is 17.2 Å². The molecule has 0 aliphatic rings. The van der Waals surface area contributed by atoms with Gasteiger partial charge in [0.25, 0.3) is 0 Å². The van der Waals surface area contributed by atoms with Crippen LogP contribution in [0.1, 0.15) is 12.6 Å². The topological polar surface area (TPSA) is 71.6 Å². The molecule has 1 aromatic heterocycles. The highest BCUT2D eigenvalue weighted by Crippen LogP contribution is 2.20. The molecule has 1 unspecified atom stereocenters. The van der Waals surface area contributed by atoms with Crippen molar-refractivity contribution in [1.29, 1.82) is 0 Å². The van der Waals surface area contributed by atoms with Crippen LogP contribution in [0.5, 0.6) is 0 Å². The third-order valence-electron chi connectivity index (χ3n) is 2.88. The van der Waals surface area contributed by atoms with Crippen molar-refractivity contribution in [2.45, 2.75) is 23.7 Å². The molecule has 8 heteroatoms. The van der Waals surface area contributed by atoms with Crippen LogP contribution in [-0.4, -0.2) is 57.7 Å². The van der Waals surface area contributed by atoms with Crippen LogP contribution in [0, 0.1) is 0 Å². The molecule has 116 valence electrons. The molecule has 0 amide bonds. The number of halogens is 1. The van der Waals surface area contributed by atoms with Crippen molar-refractivity contribution in [1.82, 2.24) is 9.29 Å². The van der Waals surface area contributed by atoms with Crippen LogP contribution in [0.25, 0.3) is 0 Å². The van der Waals surface area contributed by atoms with Gasteiger partial charge < -0.3 is 14.5 Å². The molecule has 0 spiro atoms. The molecule has 1 heterocycles. The van der Waals surface area contributed by atoms with Crippen LogP contribution in [0.2, 0.25) is 0 Å². The highest BCUT2D eigenvalue weighted by Gasteiger charge is 2.29. The Bertz CT molecular complexity index is 503. The van der Waals surface area contributed by atoms with Crippen LogP contribution in [0.4, 0.5) is 0 Å². The SMILES string of the molecule is COCCN(C(C)COC)S(=O)(=O)c1c[nH]c(CCl)c1. The van der Waals surface area contributed by atoms with E-state index in [1.807, 2.05) is 0 Å². The first kappa shape index (κ1) is 17.5. The van der Waals surface area contributed by atoms with Crippen LogP contribution >= 0.6 is 11.6 Å². The van der Waals surface area contributed by atoms with E-state index in [2.05, 4.69) is 4.98 Å². The zero-order valence-corrected chi connectivity index (χ0v) is 13.5. The van der Waals surface area contributed by atoms with E-state index in [1.165, 1.54) is 17.6 Å². The molecule has 0 bridgehead atoms. The molecule has 0 saturated heterocycles. The maximum absolute atomic E-state index is 12.6. The second-order valence-electron chi connectivity index (χ2n) is 4.41. The predicted octanol–water partition coefficient (Wildman–Crippen LogP) is 1.43. The van der Waals surface area contributed by atoms with Gasteiger partial charge in [0.2, 0.25) is 10.0 Å². The highest BCUT2D eigenvalue weighted by molar-refractivity contribution is 7.89. The quantitative estimate of drug-likeness (QED) is 0.697. The average Bonchev–Trinajstić information content (AvgIpc) is 2.88. The van der Waals surface area contributed by atoms with E-state index in [9.17, 15) is 8.42 Å². The summed E-state index contributed by atoms with van der Waals surface area (Å²) >= 11 is 5.69. The number of nitrogens with zero attached hydrogens (tertiary/aromatic N) is 1. The summed E-state index contributed by atoms with van der Waals surface area (Å²) in [5.41, 5.74) is 0.663. The van der Waals surface area contributed by atoms with Crippen molar-refractivity contribution < 1.29 is 17.9 Å². The lowest BCUT2D eigenvalue weighted by Gasteiger charge is -2.27. The van der Waals surface area contributed by atoms with Gasteiger partial charge in [0.1, 0.15) is 0 Å². The number of ether oxygens (including phenoxy) is 2. The maximum atomic E-state index is 12.6. The number of methoxy groups -OCH3 is 2. The van der Waals surface area contributed by atoms with Gasteiger partial charge in [-0.1, -0.05) is 0 Å². The number of rotatable bonds is 9. The van der Waals surface area contributed by atoms with E-state index in [1.54, 1.807) is 20.1 Å². The van der Waals surface area contributed by atoms with Gasteiger partial charge in [0, 0.05) is 38.7 Å². The van der Waals surface area contributed by atoms with E-state index in [0.717, 1.165) is 0 Å². The Hall–Kier alpha value is -0.600. The Labute approximate surface area is 125 Å². The molecule has 1 rings (SSSR count). The van der Waals surface area contributed by atoms with Gasteiger partial charge in [-0.25, -0.2) is 8.42 Å². The lowest BCUT2D eigenvalue weighted by Crippen LogP contribution is -2.42. The second-order valence-corrected chi connectivity index (χ2v) is 6.56. The minimum Gasteiger partial charge on any atom is -0.383 e. The van der Waals surface area contributed by atoms with Crippen molar-refractivity contribution in [3.63, 3.8) is 0 Å². The normalized spacial score (nSPS) is 13.8. The van der Waals surface area contributed by atoms with Gasteiger partial charge in [-0.2, -0.15) is 4.31 Å². The van der Waals surface area contributed by atoms with Crippen LogP contribution in [-0.2, 0) is 25.4 Å². The van der Waals surface area contributed by atoms with Crippen molar-refractivity contribution in [2.24, 2.45) is 0 Å². The standard InChI is InChI=1S/C12H21ClN2O4S/c1-10(9-19-3)15(4-5-18-2)20(16,17)12-6-11(7-13)14-8-12/h6,8,10,14H,4-5,7,9H2,1-3H3. The number of nitrogens with one attached hydrogen (secondary N) is 1. The monoisotopic (exact) mass is 324 g/mol. The Morgan fingerprint density at radius 1 is 1.40 bits per heavy atom. The summed E-state index contributed by atoms with van der Waals surface area (Å²) < 4.78 is 36.7. The summed E-state index contributed by atoms with van der Waals surface area (Å²) in [5, 5.41) is 0. The Morgan fingerprint density at radius 2 is 2.10 bits per heavy atom. The smallest absolute Gasteiger partial charge is 0.244 e. The fourth-order valence-electron chi connectivity index (χ4n) is 1.86. The van der Waals surface area contributed by atoms with Gasteiger partial charge in [-0.3, -0.25) is 0 Å². The lowest BCUT2D eigenvalue weighted by molar-refractivity contribution is 0.119.